The van der Waals surface area contributed by atoms with E-state index in [4.69, 9.17) is 5.11 Å². The largest absolute Gasteiger partial charge is 0.481 e. The van der Waals surface area contributed by atoms with Crippen LogP contribution in [0.4, 0.5) is 5.82 Å². The van der Waals surface area contributed by atoms with Gasteiger partial charge in [0, 0.05) is 23.7 Å². The molecular weight excluding hydrogens is 230 g/mol. The molecule has 0 bridgehead atoms. The Morgan fingerprint density at radius 1 is 1.50 bits per heavy atom. The van der Waals surface area contributed by atoms with Crippen molar-refractivity contribution in [2.75, 3.05) is 5.32 Å². The Bertz CT molecular complexity index is 434. The van der Waals surface area contributed by atoms with Gasteiger partial charge in [0.25, 0.3) is 0 Å². The van der Waals surface area contributed by atoms with Gasteiger partial charge in [-0.25, -0.2) is 9.97 Å². The van der Waals surface area contributed by atoms with Crippen molar-refractivity contribution in [1.82, 2.24) is 9.97 Å². The number of nitrogens with zero attached hydrogens (tertiary/aromatic N) is 2. The van der Waals surface area contributed by atoms with E-state index >= 15 is 0 Å². The van der Waals surface area contributed by atoms with Gasteiger partial charge in [-0.3, -0.25) is 4.79 Å². The zero-order valence-electron chi connectivity index (χ0n) is 10.6. The number of hydrogen-bond acceptors (Lipinski definition) is 4. The minimum Gasteiger partial charge on any atom is -0.481 e. The van der Waals surface area contributed by atoms with Crippen molar-refractivity contribution in [2.45, 2.75) is 51.5 Å². The van der Waals surface area contributed by atoms with Gasteiger partial charge in [0.05, 0.1) is 0 Å². The van der Waals surface area contributed by atoms with Gasteiger partial charge >= 0.3 is 5.97 Å². The van der Waals surface area contributed by atoms with Crippen molar-refractivity contribution in [3.8, 4) is 0 Å². The van der Waals surface area contributed by atoms with Crippen molar-refractivity contribution in [1.29, 1.82) is 0 Å². The number of aromatic nitrogens is 2. The molecule has 1 aromatic heterocycles. The van der Waals surface area contributed by atoms with Gasteiger partial charge in [-0.1, -0.05) is 0 Å². The van der Waals surface area contributed by atoms with Crippen molar-refractivity contribution in [2.24, 2.45) is 0 Å². The minimum absolute atomic E-state index is 0.230. The second-order valence-corrected chi connectivity index (χ2v) is 4.83. The molecule has 0 saturated carbocycles. The van der Waals surface area contributed by atoms with Crippen molar-refractivity contribution in [3.05, 3.63) is 17.6 Å². The third-order valence-corrected chi connectivity index (χ3v) is 3.29. The number of hydrogen-bond donors (Lipinski definition) is 2. The fourth-order valence-electron chi connectivity index (χ4n) is 2.35. The molecule has 1 heterocycles. The van der Waals surface area contributed by atoms with Crippen LogP contribution in [0.5, 0.6) is 0 Å². The molecule has 18 heavy (non-hydrogen) atoms. The van der Waals surface area contributed by atoms with Crippen LogP contribution in [0.1, 0.15) is 43.9 Å². The molecule has 0 saturated heterocycles. The van der Waals surface area contributed by atoms with Crippen LogP contribution >= 0.6 is 0 Å². The average molecular weight is 249 g/mol. The van der Waals surface area contributed by atoms with E-state index in [0.29, 0.717) is 6.42 Å². The number of carbonyl (C=O) groups is 1. The summed E-state index contributed by atoms with van der Waals surface area (Å²) in [4.78, 5) is 19.0. The maximum Gasteiger partial charge on any atom is 0.303 e. The molecule has 5 heteroatoms. The lowest BCUT2D eigenvalue weighted by Crippen LogP contribution is -2.18. The molecule has 1 aromatic rings. The molecule has 0 spiro atoms. The highest BCUT2D eigenvalue weighted by Gasteiger charge is 2.17. The zero-order valence-corrected chi connectivity index (χ0v) is 10.6. The van der Waals surface area contributed by atoms with E-state index in [-0.39, 0.29) is 12.5 Å². The highest BCUT2D eigenvalue weighted by Crippen LogP contribution is 2.25. The fourth-order valence-corrected chi connectivity index (χ4v) is 2.35. The van der Waals surface area contributed by atoms with Crippen LogP contribution in [0.3, 0.4) is 0 Å². The first-order chi connectivity index (χ1) is 8.66. The molecule has 2 rings (SSSR count). The van der Waals surface area contributed by atoms with E-state index in [0.717, 1.165) is 37.2 Å². The van der Waals surface area contributed by atoms with Gasteiger partial charge in [-0.2, -0.15) is 0 Å². The van der Waals surface area contributed by atoms with Gasteiger partial charge in [-0.05, 0) is 39.0 Å². The maximum atomic E-state index is 10.5. The number of nitrogens with one attached hydrogen (secondary N) is 1. The molecule has 1 aliphatic rings. The first-order valence-electron chi connectivity index (χ1n) is 6.48. The zero-order chi connectivity index (χ0) is 13.0. The number of rotatable bonds is 6. The number of carboxylic acids is 1. The smallest absolute Gasteiger partial charge is 0.303 e. The number of carboxylic acid groups (broad SMARTS) is 1. The summed E-state index contributed by atoms with van der Waals surface area (Å²) < 4.78 is 0. The standard InChI is InChI=1S/C13H19N3O2/c1-9(4-2-7-12(17)18)16-13-10-5-3-6-11(10)14-8-15-13/h8-9H,2-7H2,1H3,(H,17,18)(H,14,15,16). The second kappa shape index (κ2) is 5.80. The topological polar surface area (TPSA) is 75.1 Å². The van der Waals surface area contributed by atoms with Crippen LogP contribution in [0.25, 0.3) is 0 Å². The summed E-state index contributed by atoms with van der Waals surface area (Å²) in [6.07, 6.45) is 6.60. The Labute approximate surface area is 107 Å². The van der Waals surface area contributed by atoms with Crippen molar-refractivity contribution >= 4 is 11.8 Å². The van der Waals surface area contributed by atoms with Gasteiger partial charge in [0.2, 0.25) is 0 Å². The normalized spacial score (nSPS) is 15.2. The number of aliphatic carboxylic acids is 1. The molecule has 0 radical (unpaired) electrons. The average Bonchev–Trinajstić information content (AvgIpc) is 2.77. The van der Waals surface area contributed by atoms with Crippen LogP contribution in [0.2, 0.25) is 0 Å². The van der Waals surface area contributed by atoms with Crippen LogP contribution in [-0.2, 0) is 17.6 Å². The monoisotopic (exact) mass is 249 g/mol. The Hall–Kier alpha value is -1.65. The van der Waals surface area contributed by atoms with Gasteiger partial charge in [0.15, 0.2) is 0 Å². The van der Waals surface area contributed by atoms with Crippen LogP contribution < -0.4 is 5.32 Å². The summed E-state index contributed by atoms with van der Waals surface area (Å²) in [5.41, 5.74) is 2.40. The third-order valence-electron chi connectivity index (χ3n) is 3.29. The van der Waals surface area contributed by atoms with Crippen LogP contribution in [0.15, 0.2) is 6.33 Å². The van der Waals surface area contributed by atoms with E-state index < -0.39 is 5.97 Å². The Morgan fingerprint density at radius 3 is 3.11 bits per heavy atom. The summed E-state index contributed by atoms with van der Waals surface area (Å²) >= 11 is 0. The van der Waals surface area contributed by atoms with Crippen LogP contribution in [0, 0.1) is 0 Å². The minimum atomic E-state index is -0.731. The number of anilines is 1. The highest BCUT2D eigenvalue weighted by atomic mass is 16.4. The Morgan fingerprint density at radius 2 is 2.33 bits per heavy atom. The lowest BCUT2D eigenvalue weighted by Gasteiger charge is -2.16. The maximum absolute atomic E-state index is 10.5. The molecule has 1 atom stereocenters. The first kappa shape index (κ1) is 12.8. The molecule has 0 fully saturated rings. The Balaban J connectivity index is 1.89. The summed E-state index contributed by atoms with van der Waals surface area (Å²) in [6, 6.07) is 0.240. The quantitative estimate of drug-likeness (QED) is 0.806. The summed E-state index contributed by atoms with van der Waals surface area (Å²) in [7, 11) is 0. The SMILES string of the molecule is CC(CCCC(=O)O)Nc1ncnc2c1CCC2. The van der Waals surface area contributed by atoms with Crippen molar-refractivity contribution < 1.29 is 9.90 Å². The molecule has 1 unspecified atom stereocenters. The van der Waals surface area contributed by atoms with Crippen molar-refractivity contribution in [3.63, 3.8) is 0 Å². The predicted octanol–water partition coefficient (Wildman–Crippen LogP) is 2.02. The molecule has 5 nitrogen and oxygen atoms in total. The lowest BCUT2D eigenvalue weighted by atomic mass is 10.1. The van der Waals surface area contributed by atoms with Gasteiger partial charge < -0.3 is 10.4 Å². The highest BCUT2D eigenvalue weighted by molar-refractivity contribution is 5.66. The van der Waals surface area contributed by atoms with Gasteiger partial charge in [0.1, 0.15) is 12.1 Å². The van der Waals surface area contributed by atoms with Gasteiger partial charge in [-0.15, -0.1) is 0 Å². The number of aryl methyl sites for hydroxylation is 1. The molecule has 2 N–H and O–H groups in total. The molecule has 0 amide bonds. The molecule has 0 aromatic carbocycles. The lowest BCUT2D eigenvalue weighted by molar-refractivity contribution is -0.137. The third kappa shape index (κ3) is 3.18. The molecular formula is C13H19N3O2. The first-order valence-corrected chi connectivity index (χ1v) is 6.48. The van der Waals surface area contributed by atoms with E-state index in [1.807, 2.05) is 0 Å². The summed E-state index contributed by atoms with van der Waals surface area (Å²) in [5, 5.41) is 12.0. The van der Waals surface area contributed by atoms with E-state index in [2.05, 4.69) is 22.2 Å². The summed E-state index contributed by atoms with van der Waals surface area (Å²) in [6.45, 7) is 2.06. The van der Waals surface area contributed by atoms with E-state index in [9.17, 15) is 4.79 Å². The van der Waals surface area contributed by atoms with Crippen LogP contribution in [-0.4, -0.2) is 27.1 Å². The van der Waals surface area contributed by atoms with E-state index in [1.165, 1.54) is 5.56 Å². The molecule has 0 aliphatic heterocycles. The second-order valence-electron chi connectivity index (χ2n) is 4.83. The molecule has 98 valence electrons. The predicted molar refractivity (Wildman–Crippen MR) is 68.6 cm³/mol. The van der Waals surface area contributed by atoms with E-state index in [1.54, 1.807) is 6.33 Å². The Kier molecular flexibility index (Phi) is 4.12. The summed E-state index contributed by atoms with van der Waals surface area (Å²) in [5.74, 6) is 0.199. The fraction of sp³-hybridized carbons (Fsp3) is 0.615. The number of fused-ring (bicyclic) bond motifs is 1. The molecule has 1 aliphatic carbocycles.